The van der Waals surface area contributed by atoms with E-state index in [2.05, 4.69) is 35.8 Å². The molecular weight excluding hydrogens is 224 g/mol. The number of rotatable bonds is 7. The fourth-order valence-corrected chi connectivity index (χ4v) is 2.60. The molecule has 0 aliphatic carbocycles. The second kappa shape index (κ2) is 7.25. The Morgan fingerprint density at radius 3 is 3.00 bits per heavy atom. The Morgan fingerprint density at radius 1 is 1.60 bits per heavy atom. The van der Waals surface area contributed by atoms with Crippen LogP contribution in [0.25, 0.3) is 0 Å². The van der Waals surface area contributed by atoms with Crippen LogP contribution < -0.4 is 5.32 Å². The van der Waals surface area contributed by atoms with E-state index in [-0.39, 0.29) is 0 Å². The molecule has 0 saturated carbocycles. The van der Waals surface area contributed by atoms with E-state index in [0.717, 1.165) is 13.0 Å². The third kappa shape index (κ3) is 5.00. The molecular formula is C11H20N2S2. The Morgan fingerprint density at radius 2 is 2.40 bits per heavy atom. The second-order valence-corrected chi connectivity index (χ2v) is 5.58. The highest BCUT2D eigenvalue weighted by atomic mass is 32.2. The van der Waals surface area contributed by atoms with Crippen LogP contribution in [-0.4, -0.2) is 23.0 Å². The summed E-state index contributed by atoms with van der Waals surface area (Å²) in [5.74, 6) is 1.23. The molecule has 1 heterocycles. The van der Waals surface area contributed by atoms with E-state index < -0.39 is 0 Å². The van der Waals surface area contributed by atoms with Crippen molar-refractivity contribution in [1.29, 1.82) is 0 Å². The third-order valence-electron chi connectivity index (χ3n) is 2.29. The van der Waals surface area contributed by atoms with E-state index in [9.17, 15) is 0 Å². The molecule has 0 aromatic carbocycles. The average molecular weight is 244 g/mol. The maximum atomic E-state index is 4.53. The van der Waals surface area contributed by atoms with Crippen LogP contribution in [0.15, 0.2) is 5.38 Å². The standard InChI is InChI=1S/C11H20N2S2/c1-4-11-13-10(8-15-11)7-12-9(2)5-6-14-3/h8-9,12H,4-7H2,1-3H3. The van der Waals surface area contributed by atoms with E-state index in [4.69, 9.17) is 0 Å². The molecule has 0 radical (unpaired) electrons. The van der Waals surface area contributed by atoms with Gasteiger partial charge in [-0.05, 0) is 31.8 Å². The van der Waals surface area contributed by atoms with E-state index >= 15 is 0 Å². The van der Waals surface area contributed by atoms with Crippen LogP contribution in [-0.2, 0) is 13.0 Å². The predicted octanol–water partition coefficient (Wildman–Crippen LogP) is 2.94. The number of hydrogen-bond acceptors (Lipinski definition) is 4. The minimum atomic E-state index is 0.587. The summed E-state index contributed by atoms with van der Waals surface area (Å²) in [6.45, 7) is 5.30. The number of thiazole rings is 1. The fourth-order valence-electron chi connectivity index (χ4n) is 1.27. The molecule has 15 heavy (non-hydrogen) atoms. The van der Waals surface area contributed by atoms with Crippen LogP contribution in [0.5, 0.6) is 0 Å². The Kier molecular flexibility index (Phi) is 6.29. The number of nitrogens with one attached hydrogen (secondary N) is 1. The average Bonchev–Trinajstić information content (AvgIpc) is 2.71. The largest absolute Gasteiger partial charge is 0.309 e. The van der Waals surface area contributed by atoms with Crippen molar-refractivity contribution in [2.75, 3.05) is 12.0 Å². The molecule has 0 spiro atoms. The van der Waals surface area contributed by atoms with Gasteiger partial charge >= 0.3 is 0 Å². The molecule has 1 aromatic heterocycles. The van der Waals surface area contributed by atoms with Gasteiger partial charge in [0.2, 0.25) is 0 Å². The van der Waals surface area contributed by atoms with Crippen molar-refractivity contribution >= 4 is 23.1 Å². The van der Waals surface area contributed by atoms with Crippen molar-refractivity contribution in [3.8, 4) is 0 Å². The molecule has 4 heteroatoms. The lowest BCUT2D eigenvalue weighted by Crippen LogP contribution is -2.26. The van der Waals surface area contributed by atoms with Crippen molar-refractivity contribution in [1.82, 2.24) is 10.3 Å². The molecule has 1 aromatic rings. The molecule has 0 aliphatic rings. The van der Waals surface area contributed by atoms with Crippen molar-refractivity contribution < 1.29 is 0 Å². The van der Waals surface area contributed by atoms with Crippen molar-refractivity contribution in [3.05, 3.63) is 16.1 Å². The van der Waals surface area contributed by atoms with Gasteiger partial charge in [-0.25, -0.2) is 4.98 Å². The van der Waals surface area contributed by atoms with Crippen LogP contribution in [0.2, 0.25) is 0 Å². The second-order valence-electron chi connectivity index (χ2n) is 3.65. The molecule has 0 aliphatic heterocycles. The topological polar surface area (TPSA) is 24.9 Å². The summed E-state index contributed by atoms with van der Waals surface area (Å²) in [6.07, 6.45) is 4.43. The van der Waals surface area contributed by atoms with E-state index in [1.165, 1.54) is 22.9 Å². The normalized spacial score (nSPS) is 13.0. The third-order valence-corrected chi connectivity index (χ3v) is 3.97. The summed E-state index contributed by atoms with van der Waals surface area (Å²) in [4.78, 5) is 4.53. The Hall–Kier alpha value is -0.0600. The predicted molar refractivity (Wildman–Crippen MR) is 70.8 cm³/mol. The highest BCUT2D eigenvalue weighted by Crippen LogP contribution is 2.10. The summed E-state index contributed by atoms with van der Waals surface area (Å²) < 4.78 is 0. The summed E-state index contributed by atoms with van der Waals surface area (Å²) in [5, 5.41) is 6.90. The first-order valence-corrected chi connectivity index (χ1v) is 7.69. The highest BCUT2D eigenvalue weighted by Gasteiger charge is 2.03. The molecule has 2 nitrogen and oxygen atoms in total. The first-order valence-electron chi connectivity index (χ1n) is 5.41. The molecule has 86 valence electrons. The number of aryl methyl sites for hydroxylation is 1. The van der Waals surface area contributed by atoms with Gasteiger partial charge in [-0.2, -0.15) is 11.8 Å². The van der Waals surface area contributed by atoms with Gasteiger partial charge in [0.25, 0.3) is 0 Å². The summed E-state index contributed by atoms with van der Waals surface area (Å²) >= 11 is 3.67. The van der Waals surface area contributed by atoms with E-state index in [1.807, 2.05) is 11.8 Å². The van der Waals surface area contributed by atoms with Crippen LogP contribution in [0.1, 0.15) is 31.0 Å². The van der Waals surface area contributed by atoms with Gasteiger partial charge < -0.3 is 5.32 Å². The van der Waals surface area contributed by atoms with Crippen LogP contribution >= 0.6 is 23.1 Å². The quantitative estimate of drug-likeness (QED) is 0.798. The minimum Gasteiger partial charge on any atom is -0.309 e. The Labute approximate surface area is 101 Å². The van der Waals surface area contributed by atoms with Gasteiger partial charge in [-0.15, -0.1) is 11.3 Å². The molecule has 0 fully saturated rings. The van der Waals surface area contributed by atoms with E-state index in [0.29, 0.717) is 6.04 Å². The summed E-state index contributed by atoms with van der Waals surface area (Å²) in [7, 11) is 0. The van der Waals surface area contributed by atoms with Gasteiger partial charge in [0.15, 0.2) is 0 Å². The monoisotopic (exact) mass is 244 g/mol. The Bertz CT molecular complexity index is 273. The fraction of sp³-hybridized carbons (Fsp3) is 0.727. The number of nitrogens with zero attached hydrogens (tertiary/aromatic N) is 1. The SMILES string of the molecule is CCc1nc(CNC(C)CCSC)cs1. The zero-order valence-electron chi connectivity index (χ0n) is 9.75. The van der Waals surface area contributed by atoms with Crippen LogP contribution in [0.3, 0.4) is 0 Å². The van der Waals surface area contributed by atoms with Crippen LogP contribution in [0, 0.1) is 0 Å². The number of thioether (sulfide) groups is 1. The number of aromatic nitrogens is 1. The summed E-state index contributed by atoms with van der Waals surface area (Å²) in [5.41, 5.74) is 1.19. The van der Waals surface area contributed by atoms with Gasteiger partial charge in [0.1, 0.15) is 0 Å². The molecule has 0 saturated heterocycles. The molecule has 1 atom stereocenters. The first kappa shape index (κ1) is 13.0. The van der Waals surface area contributed by atoms with Crippen molar-refractivity contribution in [2.45, 2.75) is 39.3 Å². The molecule has 0 amide bonds. The van der Waals surface area contributed by atoms with Gasteiger partial charge in [0, 0.05) is 18.0 Å². The zero-order chi connectivity index (χ0) is 11.1. The highest BCUT2D eigenvalue weighted by molar-refractivity contribution is 7.98. The van der Waals surface area contributed by atoms with Gasteiger partial charge in [0.05, 0.1) is 10.7 Å². The maximum Gasteiger partial charge on any atom is 0.0926 e. The van der Waals surface area contributed by atoms with E-state index in [1.54, 1.807) is 11.3 Å². The lowest BCUT2D eigenvalue weighted by molar-refractivity contribution is 0.533. The van der Waals surface area contributed by atoms with Crippen molar-refractivity contribution in [2.24, 2.45) is 0 Å². The first-order chi connectivity index (χ1) is 7.26. The van der Waals surface area contributed by atoms with Gasteiger partial charge in [-0.3, -0.25) is 0 Å². The smallest absolute Gasteiger partial charge is 0.0926 e. The molecule has 0 bridgehead atoms. The molecule has 1 rings (SSSR count). The van der Waals surface area contributed by atoms with Crippen molar-refractivity contribution in [3.63, 3.8) is 0 Å². The molecule has 1 unspecified atom stereocenters. The van der Waals surface area contributed by atoms with Crippen LogP contribution in [0.4, 0.5) is 0 Å². The maximum absolute atomic E-state index is 4.53. The minimum absolute atomic E-state index is 0.587. The van der Waals surface area contributed by atoms with Gasteiger partial charge in [-0.1, -0.05) is 6.92 Å². The summed E-state index contributed by atoms with van der Waals surface area (Å²) in [6, 6.07) is 0.587. The zero-order valence-corrected chi connectivity index (χ0v) is 11.4. The Balaban J connectivity index is 2.24. The molecule has 1 N–H and O–H groups in total. The number of hydrogen-bond donors (Lipinski definition) is 1. The lowest BCUT2D eigenvalue weighted by atomic mass is 10.2. The lowest BCUT2D eigenvalue weighted by Gasteiger charge is -2.11.